The molecule has 0 radical (unpaired) electrons. The van der Waals surface area contributed by atoms with Crippen LogP contribution < -0.4 is 14.5 Å². The van der Waals surface area contributed by atoms with Crippen LogP contribution in [0.3, 0.4) is 0 Å². The normalized spacial score (nSPS) is 17.7. The number of amides is 2. The molecule has 1 aliphatic heterocycles. The zero-order chi connectivity index (χ0) is 25.2. The van der Waals surface area contributed by atoms with Crippen LogP contribution in [0.2, 0.25) is 0 Å². The molecule has 2 aliphatic rings. The molecule has 1 unspecified atom stereocenters. The van der Waals surface area contributed by atoms with Crippen LogP contribution in [-0.2, 0) is 21.4 Å². The van der Waals surface area contributed by atoms with E-state index in [2.05, 4.69) is 11.1 Å². The number of carbonyl (C=O) groups excluding carboxylic acids is 2. The zero-order valence-electron chi connectivity index (χ0n) is 19.4. The van der Waals surface area contributed by atoms with E-state index >= 15 is 0 Å². The Morgan fingerprint density at radius 1 is 1.34 bits per heavy atom. The molecule has 2 heterocycles. The van der Waals surface area contributed by atoms with Gasteiger partial charge in [-0.25, -0.2) is 18.1 Å². The number of aromatic nitrogens is 1. The van der Waals surface area contributed by atoms with Crippen LogP contribution in [0.5, 0.6) is 0 Å². The Hall–Kier alpha value is -3.49. The maximum Gasteiger partial charge on any atom is 0.284 e. The van der Waals surface area contributed by atoms with E-state index in [0.717, 1.165) is 36.2 Å². The van der Waals surface area contributed by atoms with Crippen molar-refractivity contribution >= 4 is 44.0 Å². The number of benzene rings is 1. The Bertz CT molecular complexity index is 1350. The predicted octanol–water partition coefficient (Wildman–Crippen LogP) is 3.26. The van der Waals surface area contributed by atoms with Crippen molar-refractivity contribution < 1.29 is 18.0 Å². The zero-order valence-corrected chi connectivity index (χ0v) is 21.0. The van der Waals surface area contributed by atoms with E-state index < -0.39 is 15.9 Å². The van der Waals surface area contributed by atoms with Gasteiger partial charge in [-0.1, -0.05) is 24.3 Å². The summed E-state index contributed by atoms with van der Waals surface area (Å²) in [6.07, 6.45) is 8.56. The lowest BCUT2D eigenvalue weighted by atomic mass is 10.0. The van der Waals surface area contributed by atoms with Crippen LogP contribution in [0.1, 0.15) is 40.2 Å². The minimum absolute atomic E-state index is 0.0543. The highest BCUT2D eigenvalue weighted by atomic mass is 32.2. The summed E-state index contributed by atoms with van der Waals surface area (Å²) in [4.78, 5) is 33.3. The monoisotopic (exact) mass is 511 g/mol. The van der Waals surface area contributed by atoms with Crippen LogP contribution in [-0.4, -0.2) is 38.0 Å². The highest BCUT2D eigenvalue weighted by Crippen LogP contribution is 2.32. The first-order chi connectivity index (χ1) is 16.6. The Morgan fingerprint density at radius 3 is 2.66 bits per heavy atom. The molecule has 4 rings (SSSR count). The van der Waals surface area contributed by atoms with Crippen LogP contribution >= 0.6 is 11.3 Å². The maximum atomic E-state index is 12.5. The van der Waals surface area contributed by atoms with Crippen molar-refractivity contribution in [2.24, 2.45) is 5.92 Å². The molecule has 1 saturated heterocycles. The molecular weight excluding hydrogens is 486 g/mol. The molecule has 1 aliphatic carbocycles. The smallest absolute Gasteiger partial charge is 0.284 e. The molecule has 9 nitrogen and oxygen atoms in total. The summed E-state index contributed by atoms with van der Waals surface area (Å²) in [5, 5.41) is 9.75. The number of nitriles is 1. The second-order valence-electron chi connectivity index (χ2n) is 8.47. The van der Waals surface area contributed by atoms with E-state index in [-0.39, 0.29) is 17.5 Å². The third-order valence-electron chi connectivity index (χ3n) is 5.73. The molecule has 1 aromatic carbocycles. The third kappa shape index (κ3) is 5.78. The van der Waals surface area contributed by atoms with Gasteiger partial charge in [0.15, 0.2) is 5.13 Å². The highest BCUT2D eigenvalue weighted by molar-refractivity contribution is 7.89. The summed E-state index contributed by atoms with van der Waals surface area (Å²) in [7, 11) is -3.72. The summed E-state index contributed by atoms with van der Waals surface area (Å²) < 4.78 is 25.0. The number of sulfonamides is 1. The molecule has 2 aromatic rings. The molecule has 1 fully saturated rings. The molecule has 2 amide bonds. The Labute approximate surface area is 208 Å². The number of thiazole rings is 1. The van der Waals surface area contributed by atoms with Crippen molar-refractivity contribution in [3.8, 4) is 6.07 Å². The van der Waals surface area contributed by atoms with Gasteiger partial charge < -0.3 is 9.80 Å². The van der Waals surface area contributed by atoms with Gasteiger partial charge in [-0.15, -0.1) is 11.3 Å². The second kappa shape index (κ2) is 10.0. The quantitative estimate of drug-likeness (QED) is 0.605. The molecule has 0 saturated carbocycles. The first-order valence-electron chi connectivity index (χ1n) is 11.1. The average Bonchev–Trinajstić information content (AvgIpc) is 3.42. The van der Waals surface area contributed by atoms with E-state index in [4.69, 9.17) is 0 Å². The van der Waals surface area contributed by atoms with Crippen molar-refractivity contribution in [1.82, 2.24) is 9.71 Å². The van der Waals surface area contributed by atoms with Gasteiger partial charge in [-0.3, -0.25) is 9.59 Å². The number of carbonyl (C=O) groups is 2. The summed E-state index contributed by atoms with van der Waals surface area (Å²) >= 11 is 1.29. The number of nitrogens with zero attached hydrogens (tertiary/aromatic N) is 4. The lowest BCUT2D eigenvalue weighted by molar-refractivity contribution is -0.117. The van der Waals surface area contributed by atoms with E-state index in [9.17, 15) is 23.3 Å². The molecule has 11 heteroatoms. The summed E-state index contributed by atoms with van der Waals surface area (Å²) in [6, 6.07) is 9.99. The summed E-state index contributed by atoms with van der Waals surface area (Å²) in [6.45, 7) is 2.87. The number of allylic oxidation sites excluding steroid dienone is 3. The van der Waals surface area contributed by atoms with Crippen molar-refractivity contribution in [2.45, 2.75) is 32.7 Å². The SMILES string of the molecule is Cc1sc(N(Cc2ccc(N3CCCC3=O)cc2)C2=CCC(C#N)C=C2)nc1C(=O)NS(C)(=O)=O. The fraction of sp³-hybridized carbons (Fsp3) is 0.333. The van der Waals surface area contributed by atoms with Crippen molar-refractivity contribution in [2.75, 3.05) is 22.6 Å². The van der Waals surface area contributed by atoms with Crippen molar-refractivity contribution in [3.05, 3.63) is 64.3 Å². The number of hydrogen-bond donors (Lipinski definition) is 1. The second-order valence-corrected chi connectivity index (χ2v) is 11.4. The average molecular weight is 512 g/mol. The van der Waals surface area contributed by atoms with Gasteiger partial charge in [-0.2, -0.15) is 5.26 Å². The molecule has 1 atom stereocenters. The van der Waals surface area contributed by atoms with Gasteiger partial charge in [0.1, 0.15) is 5.69 Å². The summed E-state index contributed by atoms with van der Waals surface area (Å²) in [5.41, 5.74) is 2.71. The Morgan fingerprint density at radius 2 is 2.09 bits per heavy atom. The minimum atomic E-state index is -3.72. The van der Waals surface area contributed by atoms with E-state index in [1.807, 2.05) is 52.1 Å². The molecule has 0 spiro atoms. The Kier molecular flexibility index (Phi) is 7.05. The third-order valence-corrected chi connectivity index (χ3v) is 7.28. The number of anilines is 2. The van der Waals surface area contributed by atoms with Crippen molar-refractivity contribution in [3.63, 3.8) is 0 Å². The number of rotatable bonds is 7. The van der Waals surface area contributed by atoms with E-state index in [0.29, 0.717) is 29.4 Å². The van der Waals surface area contributed by atoms with Crippen LogP contribution in [0.15, 0.2) is 48.2 Å². The largest absolute Gasteiger partial charge is 0.314 e. The van der Waals surface area contributed by atoms with Gasteiger partial charge in [0.05, 0.1) is 24.8 Å². The molecule has 1 aromatic heterocycles. The topological polar surface area (TPSA) is 123 Å². The molecule has 1 N–H and O–H groups in total. The lowest BCUT2D eigenvalue weighted by Crippen LogP contribution is -2.30. The maximum absolute atomic E-state index is 12.5. The fourth-order valence-electron chi connectivity index (χ4n) is 3.98. The fourth-order valence-corrected chi connectivity index (χ4v) is 5.34. The summed E-state index contributed by atoms with van der Waals surface area (Å²) in [5.74, 6) is -0.848. The van der Waals surface area contributed by atoms with Gasteiger partial charge in [0.2, 0.25) is 15.9 Å². The van der Waals surface area contributed by atoms with Gasteiger partial charge in [0, 0.05) is 29.2 Å². The van der Waals surface area contributed by atoms with Crippen LogP contribution in [0.4, 0.5) is 10.8 Å². The molecular formula is C24H25N5O4S2. The lowest BCUT2D eigenvalue weighted by Gasteiger charge is -2.26. The van der Waals surface area contributed by atoms with Gasteiger partial charge >= 0.3 is 0 Å². The highest BCUT2D eigenvalue weighted by Gasteiger charge is 2.25. The van der Waals surface area contributed by atoms with Gasteiger partial charge in [-0.05, 0) is 43.5 Å². The van der Waals surface area contributed by atoms with E-state index in [1.165, 1.54) is 11.3 Å². The first kappa shape index (κ1) is 24.6. The standard InChI is InChI=1S/C24H25N5O4S2/c1-16-22(23(31)27-35(2,32)33)26-24(34-16)29(20-9-5-17(14-25)6-10-20)15-18-7-11-19(12-8-18)28-13-3-4-21(28)30/h5,7-12,17H,3-4,6,13,15H2,1-2H3,(H,27,31). The first-order valence-corrected chi connectivity index (χ1v) is 13.8. The van der Waals surface area contributed by atoms with Crippen molar-refractivity contribution in [1.29, 1.82) is 5.26 Å². The molecule has 0 bridgehead atoms. The van der Waals surface area contributed by atoms with E-state index in [1.54, 1.807) is 11.8 Å². The number of hydrogen-bond acceptors (Lipinski definition) is 8. The Balaban J connectivity index is 1.63. The van der Waals surface area contributed by atoms with Gasteiger partial charge in [0.25, 0.3) is 5.91 Å². The molecule has 182 valence electrons. The predicted molar refractivity (Wildman–Crippen MR) is 134 cm³/mol. The molecule has 35 heavy (non-hydrogen) atoms. The van der Waals surface area contributed by atoms with Crippen LogP contribution in [0, 0.1) is 24.2 Å². The number of aryl methyl sites for hydroxylation is 1. The minimum Gasteiger partial charge on any atom is -0.314 e. The van der Waals surface area contributed by atoms with Crippen LogP contribution in [0.25, 0.3) is 0 Å². The number of nitrogens with one attached hydrogen (secondary N) is 1.